The lowest BCUT2D eigenvalue weighted by molar-refractivity contribution is 1.13. The Morgan fingerprint density at radius 2 is 0.750 bits per heavy atom. The van der Waals surface area contributed by atoms with Gasteiger partial charge in [-0.25, -0.2) is 0 Å². The summed E-state index contributed by atoms with van der Waals surface area (Å²) >= 11 is 1.86. The molecule has 0 saturated carbocycles. The van der Waals surface area contributed by atoms with Gasteiger partial charge < -0.3 is 4.57 Å². The molecule has 2 heteroatoms. The van der Waals surface area contributed by atoms with Gasteiger partial charge in [0.05, 0.1) is 5.52 Å². The molecule has 0 spiro atoms. The summed E-state index contributed by atoms with van der Waals surface area (Å²) < 4.78 is 5.01. The predicted molar refractivity (Wildman–Crippen MR) is 223 cm³/mol. The maximum Gasteiger partial charge on any atom is 0.0535 e. The molecule has 0 unspecified atom stereocenters. The molecule has 0 atom stereocenters. The third-order valence-corrected chi connectivity index (χ3v) is 11.4. The Hall–Kier alpha value is -6.48. The van der Waals surface area contributed by atoms with Crippen LogP contribution in [0.15, 0.2) is 200 Å². The highest BCUT2D eigenvalue weighted by Gasteiger charge is 2.15. The van der Waals surface area contributed by atoms with E-state index in [2.05, 4.69) is 205 Å². The number of rotatable bonds is 6. The third kappa shape index (κ3) is 5.42. The summed E-state index contributed by atoms with van der Waals surface area (Å²) in [5.74, 6) is 0. The normalized spacial score (nSPS) is 11.5. The molecule has 1 nitrogen and oxygen atoms in total. The second-order valence-corrected chi connectivity index (χ2v) is 14.5. The molecule has 0 saturated heterocycles. The van der Waals surface area contributed by atoms with Gasteiger partial charge in [-0.1, -0.05) is 152 Å². The Bertz CT molecular complexity index is 2840. The molecule has 0 aliphatic rings. The van der Waals surface area contributed by atoms with E-state index in [-0.39, 0.29) is 0 Å². The van der Waals surface area contributed by atoms with Crippen LogP contribution < -0.4 is 0 Å². The van der Waals surface area contributed by atoms with Gasteiger partial charge in [0.1, 0.15) is 0 Å². The Balaban J connectivity index is 1.05. The van der Waals surface area contributed by atoms with Crippen LogP contribution in [0.5, 0.6) is 0 Å². The Labute approximate surface area is 307 Å². The van der Waals surface area contributed by atoms with E-state index < -0.39 is 0 Å². The smallest absolute Gasteiger partial charge is 0.0535 e. The molecule has 0 radical (unpaired) electrons. The van der Waals surface area contributed by atoms with Crippen LogP contribution in [0, 0.1) is 0 Å². The standard InChI is InChI=1S/C50H33NS/c1-3-9-34(10-4-1)36-15-17-38(18-16-36)41-25-29-48-45(31-41)47(40-21-19-37(20-22-40)35-11-5-2-6-12-35)33-51(48)43-27-23-39(24-28-43)42-26-30-50-46(32-42)44-13-7-8-14-49(44)52-50/h1-33H. The lowest BCUT2D eigenvalue weighted by Gasteiger charge is -2.09. The van der Waals surface area contributed by atoms with Crippen molar-refractivity contribution in [3.63, 3.8) is 0 Å². The maximum absolute atomic E-state index is 2.36. The van der Waals surface area contributed by atoms with E-state index in [1.165, 1.54) is 86.7 Å². The molecule has 0 aliphatic heterocycles. The Morgan fingerprint density at radius 1 is 0.308 bits per heavy atom. The van der Waals surface area contributed by atoms with Crippen LogP contribution in [0.3, 0.4) is 0 Å². The fraction of sp³-hybridized carbons (Fsp3) is 0. The number of aromatic nitrogens is 1. The molecule has 2 heterocycles. The number of thiophene rings is 1. The lowest BCUT2D eigenvalue weighted by Crippen LogP contribution is -1.92. The molecule has 10 rings (SSSR count). The largest absolute Gasteiger partial charge is 0.316 e. The Morgan fingerprint density at radius 3 is 1.38 bits per heavy atom. The molecule has 0 fully saturated rings. The lowest BCUT2D eigenvalue weighted by atomic mass is 9.97. The molecule has 10 aromatic rings. The van der Waals surface area contributed by atoms with E-state index in [9.17, 15) is 0 Å². The van der Waals surface area contributed by atoms with Crippen molar-refractivity contribution < 1.29 is 0 Å². The highest BCUT2D eigenvalue weighted by Crippen LogP contribution is 2.39. The maximum atomic E-state index is 2.36. The minimum absolute atomic E-state index is 1.14. The van der Waals surface area contributed by atoms with Gasteiger partial charge in [0.25, 0.3) is 0 Å². The Kier molecular flexibility index (Phi) is 7.41. The molecule has 8 aromatic carbocycles. The van der Waals surface area contributed by atoms with Crippen LogP contribution in [-0.4, -0.2) is 4.57 Å². The molecule has 52 heavy (non-hydrogen) atoms. The second kappa shape index (κ2) is 12.7. The summed E-state index contributed by atoms with van der Waals surface area (Å²) in [5.41, 5.74) is 14.5. The minimum Gasteiger partial charge on any atom is -0.316 e. The zero-order valence-corrected chi connectivity index (χ0v) is 29.2. The highest BCUT2D eigenvalue weighted by molar-refractivity contribution is 7.25. The quantitative estimate of drug-likeness (QED) is 0.165. The van der Waals surface area contributed by atoms with E-state index >= 15 is 0 Å². The van der Waals surface area contributed by atoms with E-state index in [1.807, 2.05) is 11.3 Å². The summed E-state index contributed by atoms with van der Waals surface area (Å²) in [6, 6.07) is 70.6. The van der Waals surface area contributed by atoms with Gasteiger partial charge in [0.2, 0.25) is 0 Å². The first kappa shape index (κ1) is 30.4. The molecule has 244 valence electrons. The van der Waals surface area contributed by atoms with Crippen LogP contribution in [-0.2, 0) is 0 Å². The van der Waals surface area contributed by atoms with Crippen molar-refractivity contribution in [2.75, 3.05) is 0 Å². The van der Waals surface area contributed by atoms with Crippen LogP contribution in [0.25, 0.3) is 92.4 Å². The summed E-state index contributed by atoms with van der Waals surface area (Å²) in [6.45, 7) is 0. The first-order valence-electron chi connectivity index (χ1n) is 17.7. The molecule has 0 N–H and O–H groups in total. The van der Waals surface area contributed by atoms with Crippen LogP contribution in [0.2, 0.25) is 0 Å². The van der Waals surface area contributed by atoms with E-state index in [4.69, 9.17) is 0 Å². The van der Waals surface area contributed by atoms with Gasteiger partial charge in [0.15, 0.2) is 0 Å². The van der Waals surface area contributed by atoms with Crippen LogP contribution in [0.1, 0.15) is 0 Å². The van der Waals surface area contributed by atoms with Gasteiger partial charge in [-0.2, -0.15) is 0 Å². The second-order valence-electron chi connectivity index (χ2n) is 13.4. The average molecular weight is 680 g/mol. The number of benzene rings is 8. The third-order valence-electron chi connectivity index (χ3n) is 10.3. The number of nitrogens with zero attached hydrogens (tertiary/aromatic N) is 1. The van der Waals surface area contributed by atoms with Gasteiger partial charge in [-0.05, 0) is 92.5 Å². The summed E-state index contributed by atoms with van der Waals surface area (Å²) in [6.07, 6.45) is 2.31. The minimum atomic E-state index is 1.14. The van der Waals surface area contributed by atoms with Crippen molar-refractivity contribution in [3.05, 3.63) is 200 Å². The van der Waals surface area contributed by atoms with Gasteiger partial charge >= 0.3 is 0 Å². The molecular weight excluding hydrogens is 647 g/mol. The van der Waals surface area contributed by atoms with E-state index in [1.54, 1.807) is 0 Å². The number of hydrogen-bond donors (Lipinski definition) is 0. The van der Waals surface area contributed by atoms with Crippen molar-refractivity contribution in [2.24, 2.45) is 0 Å². The van der Waals surface area contributed by atoms with Crippen molar-refractivity contribution in [1.82, 2.24) is 4.57 Å². The first-order chi connectivity index (χ1) is 25.7. The SMILES string of the molecule is c1ccc(-c2ccc(-c3ccc4c(c3)c(-c3ccc(-c5ccccc5)cc3)cn4-c3ccc(-c4ccc5sc6ccccc6c5c4)cc3)cc2)cc1. The van der Waals surface area contributed by atoms with Gasteiger partial charge in [-0.15, -0.1) is 11.3 Å². The summed E-state index contributed by atoms with van der Waals surface area (Å²) in [7, 11) is 0. The monoisotopic (exact) mass is 679 g/mol. The van der Waals surface area contributed by atoms with E-state index in [0.29, 0.717) is 0 Å². The fourth-order valence-electron chi connectivity index (χ4n) is 7.53. The molecule has 0 bridgehead atoms. The number of hydrogen-bond acceptors (Lipinski definition) is 1. The predicted octanol–water partition coefficient (Wildman–Crippen LogP) is 14.3. The summed E-state index contributed by atoms with van der Waals surface area (Å²) in [5, 5.41) is 3.89. The van der Waals surface area contributed by atoms with Crippen LogP contribution >= 0.6 is 11.3 Å². The van der Waals surface area contributed by atoms with Crippen molar-refractivity contribution in [3.8, 4) is 61.3 Å². The van der Waals surface area contributed by atoms with Crippen molar-refractivity contribution in [1.29, 1.82) is 0 Å². The zero-order chi connectivity index (χ0) is 34.4. The van der Waals surface area contributed by atoms with Gasteiger partial charge in [0, 0.05) is 43.0 Å². The zero-order valence-electron chi connectivity index (χ0n) is 28.4. The van der Waals surface area contributed by atoms with Gasteiger partial charge in [-0.3, -0.25) is 0 Å². The average Bonchev–Trinajstić information content (AvgIpc) is 3.80. The van der Waals surface area contributed by atoms with E-state index in [0.717, 1.165) is 5.69 Å². The van der Waals surface area contributed by atoms with Crippen molar-refractivity contribution >= 4 is 42.4 Å². The molecular formula is C50H33NS. The highest BCUT2D eigenvalue weighted by atomic mass is 32.1. The molecule has 0 aliphatic carbocycles. The topological polar surface area (TPSA) is 4.93 Å². The van der Waals surface area contributed by atoms with Crippen molar-refractivity contribution in [2.45, 2.75) is 0 Å². The molecule has 2 aromatic heterocycles. The fourth-order valence-corrected chi connectivity index (χ4v) is 8.62. The van der Waals surface area contributed by atoms with Crippen LogP contribution in [0.4, 0.5) is 0 Å². The number of fused-ring (bicyclic) bond motifs is 4. The molecule has 0 amide bonds. The summed E-state index contributed by atoms with van der Waals surface area (Å²) in [4.78, 5) is 0. The first-order valence-corrected chi connectivity index (χ1v) is 18.6.